The maximum absolute atomic E-state index is 12.0. The Labute approximate surface area is 164 Å². The smallest absolute Gasteiger partial charge is 0.339 e. The van der Waals surface area contributed by atoms with Gasteiger partial charge in [0.2, 0.25) is 0 Å². The lowest BCUT2D eigenvalue weighted by atomic mass is 10.2. The van der Waals surface area contributed by atoms with Gasteiger partial charge in [0.25, 0.3) is 5.91 Å². The Morgan fingerprint density at radius 1 is 1.00 bits per heavy atom. The first-order chi connectivity index (χ1) is 13.0. The number of hydrogen-bond donors (Lipinski definition) is 1. The van der Waals surface area contributed by atoms with Gasteiger partial charge < -0.3 is 14.8 Å². The van der Waals surface area contributed by atoms with Crippen LogP contribution in [0.3, 0.4) is 0 Å². The first-order valence-corrected chi connectivity index (χ1v) is 9.07. The van der Waals surface area contributed by atoms with Crippen LogP contribution in [0.5, 0.6) is 5.75 Å². The standard InChI is InChI=1S/C20H23ClN2O4/c1-3-23(4-2)14-27-20(25)15-5-9-17(10-6-15)22-19(24)13-26-18-11-7-16(21)8-12-18/h5-12H,3-4,13-14H2,1-2H3,(H,22,24). The van der Waals surface area contributed by atoms with Crippen LogP contribution in [0.15, 0.2) is 48.5 Å². The van der Waals surface area contributed by atoms with Gasteiger partial charge >= 0.3 is 5.97 Å². The van der Waals surface area contributed by atoms with Crippen LogP contribution in [0.25, 0.3) is 0 Å². The zero-order valence-corrected chi connectivity index (χ0v) is 16.2. The van der Waals surface area contributed by atoms with E-state index in [9.17, 15) is 9.59 Å². The Bertz CT molecular complexity index is 744. The third-order valence-electron chi connectivity index (χ3n) is 3.86. The van der Waals surface area contributed by atoms with Gasteiger partial charge in [-0.1, -0.05) is 25.4 Å². The summed E-state index contributed by atoms with van der Waals surface area (Å²) in [5.41, 5.74) is 0.998. The molecule has 0 spiro atoms. The molecule has 1 N–H and O–H groups in total. The Hall–Kier alpha value is -2.57. The van der Waals surface area contributed by atoms with Crippen molar-refractivity contribution in [1.29, 1.82) is 0 Å². The molecular formula is C20H23ClN2O4. The van der Waals surface area contributed by atoms with Crippen LogP contribution in [0, 0.1) is 0 Å². The van der Waals surface area contributed by atoms with Crippen molar-refractivity contribution in [2.45, 2.75) is 13.8 Å². The SMILES string of the molecule is CCN(CC)COC(=O)c1ccc(NC(=O)COc2ccc(Cl)cc2)cc1. The van der Waals surface area contributed by atoms with Crippen LogP contribution in [0.2, 0.25) is 5.02 Å². The number of ether oxygens (including phenoxy) is 2. The monoisotopic (exact) mass is 390 g/mol. The summed E-state index contributed by atoms with van der Waals surface area (Å²) < 4.78 is 10.6. The van der Waals surface area contributed by atoms with Crippen molar-refractivity contribution in [3.8, 4) is 5.75 Å². The molecule has 144 valence electrons. The van der Waals surface area contributed by atoms with E-state index in [4.69, 9.17) is 21.1 Å². The number of esters is 1. The molecule has 27 heavy (non-hydrogen) atoms. The minimum Gasteiger partial charge on any atom is -0.484 e. The Morgan fingerprint density at radius 2 is 1.63 bits per heavy atom. The molecule has 2 rings (SSSR count). The fraction of sp³-hybridized carbons (Fsp3) is 0.300. The van der Waals surface area contributed by atoms with E-state index in [2.05, 4.69) is 5.32 Å². The van der Waals surface area contributed by atoms with Gasteiger partial charge in [-0.25, -0.2) is 4.79 Å². The molecule has 0 saturated heterocycles. The Morgan fingerprint density at radius 3 is 2.22 bits per heavy atom. The molecule has 0 radical (unpaired) electrons. The first kappa shape index (κ1) is 20.7. The highest BCUT2D eigenvalue weighted by atomic mass is 35.5. The summed E-state index contributed by atoms with van der Waals surface area (Å²) in [5.74, 6) is -0.145. The number of nitrogens with one attached hydrogen (secondary N) is 1. The minimum atomic E-state index is -0.397. The van der Waals surface area contributed by atoms with Crippen molar-refractivity contribution in [1.82, 2.24) is 4.90 Å². The highest BCUT2D eigenvalue weighted by molar-refractivity contribution is 6.30. The van der Waals surface area contributed by atoms with Crippen molar-refractivity contribution in [3.63, 3.8) is 0 Å². The zero-order chi connectivity index (χ0) is 19.6. The predicted molar refractivity (Wildman–Crippen MR) is 105 cm³/mol. The summed E-state index contributed by atoms with van der Waals surface area (Å²) in [6, 6.07) is 13.3. The van der Waals surface area contributed by atoms with Gasteiger partial charge in [-0.05, 0) is 61.6 Å². The van der Waals surface area contributed by atoms with E-state index in [1.54, 1.807) is 48.5 Å². The molecule has 7 heteroatoms. The Kier molecular flexibility index (Phi) is 8.10. The fourth-order valence-corrected chi connectivity index (χ4v) is 2.33. The molecule has 2 aromatic rings. The summed E-state index contributed by atoms with van der Waals surface area (Å²) in [5, 5.41) is 3.31. The Balaban J connectivity index is 1.81. The molecule has 0 aliphatic carbocycles. The van der Waals surface area contributed by atoms with E-state index in [1.807, 2.05) is 18.7 Å². The molecule has 2 aromatic carbocycles. The van der Waals surface area contributed by atoms with E-state index < -0.39 is 5.97 Å². The van der Waals surface area contributed by atoms with E-state index >= 15 is 0 Å². The largest absolute Gasteiger partial charge is 0.484 e. The number of amides is 1. The van der Waals surface area contributed by atoms with Crippen molar-refractivity contribution in [3.05, 3.63) is 59.1 Å². The van der Waals surface area contributed by atoms with Gasteiger partial charge in [-0.2, -0.15) is 0 Å². The number of benzene rings is 2. The van der Waals surface area contributed by atoms with Crippen LogP contribution in [0.1, 0.15) is 24.2 Å². The molecule has 0 saturated carbocycles. The van der Waals surface area contributed by atoms with Crippen LogP contribution < -0.4 is 10.1 Å². The summed E-state index contributed by atoms with van der Waals surface area (Å²) in [6.45, 7) is 5.76. The molecule has 1 amide bonds. The number of hydrogen-bond acceptors (Lipinski definition) is 5. The highest BCUT2D eigenvalue weighted by Gasteiger charge is 2.10. The molecule has 6 nitrogen and oxygen atoms in total. The second-order valence-corrected chi connectivity index (χ2v) is 6.17. The van der Waals surface area contributed by atoms with Crippen LogP contribution in [-0.2, 0) is 9.53 Å². The van der Waals surface area contributed by atoms with Crippen LogP contribution >= 0.6 is 11.6 Å². The quantitative estimate of drug-likeness (QED) is 0.521. The third-order valence-corrected chi connectivity index (χ3v) is 4.11. The summed E-state index contributed by atoms with van der Waals surface area (Å²) in [4.78, 5) is 26.0. The van der Waals surface area contributed by atoms with Gasteiger partial charge in [0.05, 0.1) is 5.56 Å². The summed E-state index contributed by atoms with van der Waals surface area (Å²) in [7, 11) is 0. The predicted octanol–water partition coefficient (Wildman–Crippen LogP) is 3.81. The van der Waals surface area contributed by atoms with Crippen molar-refractivity contribution in [2.24, 2.45) is 0 Å². The number of anilines is 1. The molecule has 0 aliphatic heterocycles. The molecule has 0 unspecified atom stereocenters. The summed E-state index contributed by atoms with van der Waals surface area (Å²) in [6.07, 6.45) is 0. The van der Waals surface area contributed by atoms with E-state index in [0.29, 0.717) is 22.0 Å². The number of carbonyl (C=O) groups is 2. The lowest BCUT2D eigenvalue weighted by Crippen LogP contribution is -2.27. The van der Waals surface area contributed by atoms with Crippen molar-refractivity contribution >= 4 is 29.2 Å². The molecular weight excluding hydrogens is 368 g/mol. The van der Waals surface area contributed by atoms with E-state index in [-0.39, 0.29) is 19.2 Å². The number of rotatable bonds is 9. The average Bonchev–Trinajstić information content (AvgIpc) is 2.68. The van der Waals surface area contributed by atoms with Crippen molar-refractivity contribution < 1.29 is 19.1 Å². The lowest BCUT2D eigenvalue weighted by molar-refractivity contribution is -0.118. The molecule has 0 aromatic heterocycles. The van der Waals surface area contributed by atoms with Crippen LogP contribution in [0.4, 0.5) is 5.69 Å². The molecule has 0 aliphatic rings. The maximum Gasteiger partial charge on any atom is 0.339 e. The van der Waals surface area contributed by atoms with Gasteiger partial charge in [-0.3, -0.25) is 9.69 Å². The van der Waals surface area contributed by atoms with Crippen LogP contribution in [-0.4, -0.2) is 43.2 Å². The third kappa shape index (κ3) is 6.92. The second-order valence-electron chi connectivity index (χ2n) is 5.73. The highest BCUT2D eigenvalue weighted by Crippen LogP contribution is 2.16. The fourth-order valence-electron chi connectivity index (χ4n) is 2.21. The number of carbonyl (C=O) groups excluding carboxylic acids is 2. The molecule has 0 fully saturated rings. The summed E-state index contributed by atoms with van der Waals surface area (Å²) >= 11 is 5.80. The number of halogens is 1. The average molecular weight is 391 g/mol. The van der Waals surface area contributed by atoms with Gasteiger partial charge in [0, 0.05) is 10.7 Å². The second kappa shape index (κ2) is 10.5. The molecule has 0 bridgehead atoms. The van der Waals surface area contributed by atoms with Crippen molar-refractivity contribution in [2.75, 3.05) is 31.7 Å². The van der Waals surface area contributed by atoms with Gasteiger partial charge in [0.15, 0.2) is 6.61 Å². The van der Waals surface area contributed by atoms with Gasteiger partial charge in [-0.15, -0.1) is 0 Å². The maximum atomic E-state index is 12.0. The molecule has 0 atom stereocenters. The van der Waals surface area contributed by atoms with E-state index in [1.165, 1.54) is 0 Å². The number of nitrogens with zero attached hydrogens (tertiary/aromatic N) is 1. The lowest BCUT2D eigenvalue weighted by Gasteiger charge is -2.17. The topological polar surface area (TPSA) is 67.9 Å². The molecule has 0 heterocycles. The normalized spacial score (nSPS) is 10.5. The van der Waals surface area contributed by atoms with Gasteiger partial charge in [0.1, 0.15) is 12.5 Å². The first-order valence-electron chi connectivity index (χ1n) is 8.69. The zero-order valence-electron chi connectivity index (χ0n) is 15.4. The van der Waals surface area contributed by atoms with E-state index in [0.717, 1.165) is 13.1 Å². The minimum absolute atomic E-state index is 0.130.